The molecule has 8 heteroatoms. The van der Waals surface area contributed by atoms with Gasteiger partial charge >= 0.3 is 0 Å². The second kappa shape index (κ2) is 7.57. The van der Waals surface area contributed by atoms with Crippen molar-refractivity contribution in [3.8, 4) is 11.4 Å². The van der Waals surface area contributed by atoms with Gasteiger partial charge in [-0.2, -0.15) is 4.68 Å². The lowest BCUT2D eigenvalue weighted by Gasteiger charge is -2.26. The van der Waals surface area contributed by atoms with Crippen LogP contribution in [-0.2, 0) is 4.79 Å². The van der Waals surface area contributed by atoms with Crippen molar-refractivity contribution >= 4 is 17.7 Å². The van der Waals surface area contributed by atoms with Crippen LogP contribution in [-0.4, -0.2) is 38.5 Å². The molecule has 0 saturated heterocycles. The van der Waals surface area contributed by atoms with Gasteiger partial charge in [-0.15, -0.1) is 5.10 Å². The number of aromatic nitrogens is 4. The van der Waals surface area contributed by atoms with Crippen molar-refractivity contribution in [3.63, 3.8) is 0 Å². The summed E-state index contributed by atoms with van der Waals surface area (Å²) in [6.07, 6.45) is 0.759. The number of para-hydroxylation sites is 2. The molecule has 0 spiro atoms. The van der Waals surface area contributed by atoms with Crippen LogP contribution in [0.3, 0.4) is 0 Å². The predicted octanol–water partition coefficient (Wildman–Crippen LogP) is 2.39. The summed E-state index contributed by atoms with van der Waals surface area (Å²) >= 11 is 1.31. The number of nitrogens with zero attached hydrogens (tertiary/aromatic N) is 4. The normalized spacial score (nSPS) is 15.8. The van der Waals surface area contributed by atoms with Crippen LogP contribution < -0.4 is 10.1 Å². The molecule has 1 N–H and O–H groups in total. The Morgan fingerprint density at radius 2 is 2.00 bits per heavy atom. The van der Waals surface area contributed by atoms with E-state index in [2.05, 4.69) is 20.8 Å². The third-order valence-electron chi connectivity index (χ3n) is 4.07. The van der Waals surface area contributed by atoms with Crippen LogP contribution in [0.1, 0.15) is 18.0 Å². The van der Waals surface area contributed by atoms with Crippen LogP contribution in [0.4, 0.5) is 0 Å². The molecule has 3 aromatic rings. The summed E-state index contributed by atoms with van der Waals surface area (Å²) in [4.78, 5) is 12.4. The molecule has 0 aliphatic carbocycles. The molecule has 132 valence electrons. The molecule has 7 nitrogen and oxygen atoms in total. The Bertz CT molecular complexity index is 899. The number of carbonyl (C=O) groups excluding carboxylic acids is 1. The number of amides is 1. The topological polar surface area (TPSA) is 81.9 Å². The molecule has 0 bridgehead atoms. The van der Waals surface area contributed by atoms with E-state index in [4.69, 9.17) is 4.74 Å². The van der Waals surface area contributed by atoms with Crippen molar-refractivity contribution < 1.29 is 9.53 Å². The van der Waals surface area contributed by atoms with Gasteiger partial charge in [0.1, 0.15) is 5.75 Å². The first-order valence-electron chi connectivity index (χ1n) is 8.29. The summed E-state index contributed by atoms with van der Waals surface area (Å²) in [7, 11) is 0. The lowest BCUT2D eigenvalue weighted by Crippen LogP contribution is -2.33. The smallest absolute Gasteiger partial charge is 0.230 e. The van der Waals surface area contributed by atoms with Crippen molar-refractivity contribution in [1.82, 2.24) is 25.5 Å². The fourth-order valence-electron chi connectivity index (χ4n) is 2.86. The van der Waals surface area contributed by atoms with Gasteiger partial charge in [0.15, 0.2) is 0 Å². The third kappa shape index (κ3) is 3.55. The molecule has 2 aromatic carbocycles. The first kappa shape index (κ1) is 16.6. The van der Waals surface area contributed by atoms with Crippen molar-refractivity contribution in [2.75, 3.05) is 12.4 Å². The maximum atomic E-state index is 12.4. The molecule has 0 saturated carbocycles. The van der Waals surface area contributed by atoms with E-state index in [0.717, 1.165) is 23.4 Å². The summed E-state index contributed by atoms with van der Waals surface area (Å²) in [5.74, 6) is 1.02. The Hall–Kier alpha value is -2.87. The first-order chi connectivity index (χ1) is 12.8. The number of fused-ring (bicyclic) bond motifs is 1. The number of nitrogens with one attached hydrogen (secondary N) is 1. The van der Waals surface area contributed by atoms with Crippen molar-refractivity contribution in [1.29, 1.82) is 0 Å². The number of tetrazole rings is 1. The molecule has 0 radical (unpaired) electrons. The number of ether oxygens (including phenoxy) is 1. The van der Waals surface area contributed by atoms with E-state index in [1.807, 2.05) is 54.6 Å². The van der Waals surface area contributed by atoms with E-state index in [1.54, 1.807) is 4.68 Å². The van der Waals surface area contributed by atoms with Crippen LogP contribution in [0.5, 0.6) is 5.75 Å². The quantitative estimate of drug-likeness (QED) is 0.698. The minimum absolute atomic E-state index is 0.0295. The van der Waals surface area contributed by atoms with Crippen LogP contribution in [0.2, 0.25) is 0 Å². The number of hydrogen-bond donors (Lipinski definition) is 1. The zero-order valence-corrected chi connectivity index (χ0v) is 14.7. The molecule has 26 heavy (non-hydrogen) atoms. The first-order valence-corrected chi connectivity index (χ1v) is 9.27. The van der Waals surface area contributed by atoms with Gasteiger partial charge in [-0.1, -0.05) is 48.2 Å². The maximum Gasteiger partial charge on any atom is 0.230 e. The molecule has 1 atom stereocenters. The monoisotopic (exact) mass is 367 g/mol. The molecule has 1 amide bonds. The van der Waals surface area contributed by atoms with Crippen LogP contribution >= 0.6 is 11.8 Å². The molecule has 1 aliphatic heterocycles. The van der Waals surface area contributed by atoms with Crippen LogP contribution in [0.25, 0.3) is 5.69 Å². The fraction of sp³-hybridized carbons (Fsp3) is 0.222. The van der Waals surface area contributed by atoms with Gasteiger partial charge in [-0.3, -0.25) is 4.79 Å². The molecule has 1 aliphatic rings. The summed E-state index contributed by atoms with van der Waals surface area (Å²) in [6, 6.07) is 17.4. The Labute approximate surface area is 154 Å². The lowest BCUT2D eigenvalue weighted by molar-refractivity contribution is -0.119. The average Bonchev–Trinajstić information content (AvgIpc) is 3.16. The number of benzene rings is 2. The Morgan fingerprint density at radius 3 is 2.88 bits per heavy atom. The standard InChI is InChI=1S/C18H17N5O2S/c24-17(19-15-10-11-25-16-9-5-4-8-14(15)16)12-26-18-20-21-22-23(18)13-6-2-1-3-7-13/h1-9,15H,10-12H2,(H,19,24). The van der Waals surface area contributed by atoms with E-state index in [9.17, 15) is 4.79 Å². The van der Waals surface area contributed by atoms with Crippen LogP contribution in [0, 0.1) is 0 Å². The van der Waals surface area contributed by atoms with E-state index >= 15 is 0 Å². The summed E-state index contributed by atoms with van der Waals surface area (Å²) in [5.41, 5.74) is 1.88. The van der Waals surface area contributed by atoms with Gasteiger partial charge in [0.25, 0.3) is 0 Å². The van der Waals surface area contributed by atoms with Crippen molar-refractivity contribution in [2.45, 2.75) is 17.6 Å². The highest BCUT2D eigenvalue weighted by atomic mass is 32.2. The van der Waals surface area contributed by atoms with E-state index < -0.39 is 0 Å². The summed E-state index contributed by atoms with van der Waals surface area (Å²) in [6.45, 7) is 0.599. The Kier molecular flexibility index (Phi) is 4.83. The van der Waals surface area contributed by atoms with Gasteiger partial charge < -0.3 is 10.1 Å². The second-order valence-electron chi connectivity index (χ2n) is 5.79. The van der Waals surface area contributed by atoms with E-state index in [0.29, 0.717) is 11.8 Å². The highest BCUT2D eigenvalue weighted by Gasteiger charge is 2.23. The molecule has 1 aromatic heterocycles. The number of hydrogen-bond acceptors (Lipinski definition) is 6. The van der Waals surface area contributed by atoms with Gasteiger partial charge in [-0.05, 0) is 28.6 Å². The maximum absolute atomic E-state index is 12.4. The minimum Gasteiger partial charge on any atom is -0.493 e. The molecule has 1 unspecified atom stereocenters. The van der Waals surface area contributed by atoms with Gasteiger partial charge in [0.2, 0.25) is 11.1 Å². The van der Waals surface area contributed by atoms with Gasteiger partial charge in [-0.25, -0.2) is 0 Å². The van der Waals surface area contributed by atoms with E-state index in [-0.39, 0.29) is 17.7 Å². The second-order valence-corrected chi connectivity index (χ2v) is 6.74. The molecular weight excluding hydrogens is 350 g/mol. The molecule has 2 heterocycles. The summed E-state index contributed by atoms with van der Waals surface area (Å²) < 4.78 is 7.26. The van der Waals surface area contributed by atoms with Crippen LogP contribution in [0.15, 0.2) is 59.8 Å². The van der Waals surface area contributed by atoms with Crippen molar-refractivity contribution in [3.05, 3.63) is 60.2 Å². The number of carbonyl (C=O) groups is 1. The Morgan fingerprint density at radius 1 is 1.19 bits per heavy atom. The number of rotatable bonds is 5. The average molecular weight is 367 g/mol. The molecule has 0 fully saturated rings. The predicted molar refractivity (Wildman–Crippen MR) is 97.3 cm³/mol. The highest BCUT2D eigenvalue weighted by Crippen LogP contribution is 2.31. The zero-order valence-electron chi connectivity index (χ0n) is 13.9. The summed E-state index contributed by atoms with van der Waals surface area (Å²) in [5, 5.41) is 15.4. The minimum atomic E-state index is -0.0562. The zero-order chi connectivity index (χ0) is 17.8. The Balaban J connectivity index is 1.40. The van der Waals surface area contributed by atoms with Crippen molar-refractivity contribution in [2.24, 2.45) is 0 Å². The SMILES string of the molecule is O=C(CSc1nnnn1-c1ccccc1)NC1CCOc2ccccc21. The van der Waals surface area contributed by atoms with Gasteiger partial charge in [0, 0.05) is 12.0 Å². The third-order valence-corrected chi connectivity index (χ3v) is 4.99. The molecular formula is C18H17N5O2S. The largest absolute Gasteiger partial charge is 0.493 e. The number of thioether (sulfide) groups is 1. The highest BCUT2D eigenvalue weighted by molar-refractivity contribution is 7.99. The lowest BCUT2D eigenvalue weighted by atomic mass is 10.0. The van der Waals surface area contributed by atoms with Gasteiger partial charge in [0.05, 0.1) is 24.1 Å². The fourth-order valence-corrected chi connectivity index (χ4v) is 3.56. The van der Waals surface area contributed by atoms with E-state index in [1.165, 1.54) is 11.8 Å². The molecule has 4 rings (SSSR count).